The number of nitrogens with zero attached hydrogens (tertiary/aromatic N) is 4. The largest absolute Gasteiger partial charge is 0.504 e. The van der Waals surface area contributed by atoms with E-state index in [0.29, 0.717) is 97.9 Å². The summed E-state index contributed by atoms with van der Waals surface area (Å²) in [5.41, 5.74) is 3.49. The number of carbonyl (C=O) groups is 2. The van der Waals surface area contributed by atoms with Gasteiger partial charge in [0.15, 0.2) is 23.0 Å². The lowest BCUT2D eigenvalue weighted by molar-refractivity contribution is -0.191. The zero-order valence-electron chi connectivity index (χ0n) is 42.0. The number of rotatable bonds is 10. The van der Waals surface area contributed by atoms with Crippen molar-refractivity contribution in [1.82, 2.24) is 30.4 Å². The lowest BCUT2D eigenvalue weighted by Crippen LogP contribution is -2.78. The molecule has 14 nitrogen and oxygen atoms in total. The third-order valence-electron chi connectivity index (χ3n) is 20.1. The maximum atomic E-state index is 15.1. The molecule has 14 heteroatoms. The Hall–Kier alpha value is -5.28. The smallest absolute Gasteiger partial charge is 0.252 e. The molecule has 6 N–H and O–H groups in total. The van der Waals surface area contributed by atoms with Crippen molar-refractivity contribution in [2.45, 2.75) is 175 Å². The average molecular weight is 977 g/mol. The molecule has 4 saturated carbocycles. The number of aromatic nitrogens is 2. The van der Waals surface area contributed by atoms with E-state index in [2.05, 4.69) is 46.2 Å². The molecule has 72 heavy (non-hydrogen) atoms. The predicted octanol–water partition coefficient (Wildman–Crippen LogP) is 6.14. The molecule has 0 unspecified atom stereocenters. The first-order chi connectivity index (χ1) is 34.6. The SMILES string of the molecule is CCc1c(C(=O)N[C@@H]2CC[C@@]3(O)[C@H]4Cc5ccc(O)c6c5[C@@]3(CCN4CC3CC3)[C@H]2O6)ccnc1-c1cc(O)c2c3c1C[C@H]1N(CC4CC4)CC[C@@]34[C@@H](O2)[C@H](NC(=O)c2ccncc2C(C)(C)C)CC[C@@]14O. The summed E-state index contributed by atoms with van der Waals surface area (Å²) in [5.74, 6) is 1.64. The molecule has 10 atom stereocenters. The van der Waals surface area contributed by atoms with Gasteiger partial charge in [-0.1, -0.05) is 33.8 Å². The van der Waals surface area contributed by atoms with E-state index in [-0.39, 0.29) is 40.8 Å². The number of phenols is 2. The Morgan fingerprint density at radius 3 is 1.93 bits per heavy atom. The Morgan fingerprint density at radius 2 is 1.32 bits per heavy atom. The van der Waals surface area contributed by atoms with Crippen LogP contribution in [0.2, 0.25) is 0 Å². The predicted molar refractivity (Wildman–Crippen MR) is 268 cm³/mol. The van der Waals surface area contributed by atoms with Crippen molar-refractivity contribution in [3.8, 4) is 34.3 Å². The number of pyridine rings is 2. The van der Waals surface area contributed by atoms with Crippen LogP contribution >= 0.6 is 0 Å². The summed E-state index contributed by atoms with van der Waals surface area (Å²) in [4.78, 5) is 43.9. The van der Waals surface area contributed by atoms with Crippen LogP contribution in [0.4, 0.5) is 0 Å². The number of hydrogen-bond donors (Lipinski definition) is 6. The molecule has 6 fully saturated rings. The lowest BCUT2D eigenvalue weighted by Gasteiger charge is -2.64. The van der Waals surface area contributed by atoms with E-state index < -0.39 is 46.3 Å². The van der Waals surface area contributed by atoms with E-state index >= 15 is 4.79 Å². The first-order valence-corrected chi connectivity index (χ1v) is 27.1. The van der Waals surface area contributed by atoms with Crippen molar-refractivity contribution in [2.24, 2.45) is 11.8 Å². The van der Waals surface area contributed by atoms with E-state index in [9.17, 15) is 25.2 Å². The van der Waals surface area contributed by atoms with Crippen molar-refractivity contribution in [3.63, 3.8) is 0 Å². The summed E-state index contributed by atoms with van der Waals surface area (Å²) in [5, 5.41) is 57.0. The van der Waals surface area contributed by atoms with Crippen LogP contribution in [0, 0.1) is 11.8 Å². The van der Waals surface area contributed by atoms with Crippen LogP contribution in [0.5, 0.6) is 23.0 Å². The number of aliphatic hydroxyl groups is 2. The second kappa shape index (κ2) is 15.4. The molecule has 6 heterocycles. The van der Waals surface area contributed by atoms with Crippen LogP contribution in [-0.4, -0.2) is 126 Å². The first kappa shape index (κ1) is 45.3. The fraction of sp³-hybridized carbons (Fsp3) is 0.586. The number of aromatic hydroxyl groups is 2. The molecule has 10 aliphatic rings. The van der Waals surface area contributed by atoms with Crippen LogP contribution < -0.4 is 20.1 Å². The Labute approximate surface area is 420 Å². The van der Waals surface area contributed by atoms with Crippen LogP contribution in [0.1, 0.15) is 146 Å². The molecule has 4 aromatic rings. The maximum absolute atomic E-state index is 15.1. The lowest BCUT2D eigenvalue weighted by atomic mass is 9.48. The summed E-state index contributed by atoms with van der Waals surface area (Å²) < 4.78 is 13.8. The van der Waals surface area contributed by atoms with Gasteiger partial charge in [0.05, 0.1) is 39.8 Å². The van der Waals surface area contributed by atoms with Gasteiger partial charge in [0.2, 0.25) is 0 Å². The molecule has 0 radical (unpaired) electrons. The van der Waals surface area contributed by atoms with Gasteiger partial charge in [0, 0.05) is 71.6 Å². The molecule has 2 spiro atoms. The standard InChI is InChI=1S/C58H68N6O8/c1-5-33-34(52(67)61-39-12-16-57(69)43-24-32-10-11-41(65)48-45(32)55(57,50(39)71-48)18-22-63(43)28-30-6-7-30)15-21-60-47(33)37-25-42(66)49-46-36(37)26-44-58(70)17-13-40(62-53(68)35-14-20-59-27-38(35)54(2,3)4)51(72-49)56(46,58)19-23-64(44)29-31-8-9-31/h10-11,14-15,20-21,25,27,30-31,39-40,43-44,50-51,65-66,69-70H,5-9,12-13,16-19,22-24,26,28-29H2,1-4H3,(H,61,67)(H,62,68)/t39-,40-,43-,44-,50+,51+,55+,56+,57-,58-/m1/s1. The number of hydrogen-bond acceptors (Lipinski definition) is 12. The van der Waals surface area contributed by atoms with E-state index in [1.54, 1.807) is 42.9 Å². The zero-order valence-corrected chi connectivity index (χ0v) is 42.0. The summed E-state index contributed by atoms with van der Waals surface area (Å²) in [7, 11) is 0. The van der Waals surface area contributed by atoms with E-state index in [0.717, 1.165) is 65.1 Å². The van der Waals surface area contributed by atoms with Gasteiger partial charge in [-0.15, -0.1) is 0 Å². The number of ether oxygens (including phenoxy) is 2. The topological polar surface area (TPSA) is 190 Å². The Morgan fingerprint density at radius 1 is 0.736 bits per heavy atom. The number of amides is 2. The summed E-state index contributed by atoms with van der Waals surface area (Å²) >= 11 is 0. The Balaban J connectivity index is 0.825. The van der Waals surface area contributed by atoms with Gasteiger partial charge in [0.25, 0.3) is 11.8 Å². The molecular weight excluding hydrogens is 909 g/mol. The molecule has 2 saturated heterocycles. The third kappa shape index (κ3) is 6.03. The minimum absolute atomic E-state index is 0.0508. The summed E-state index contributed by atoms with van der Waals surface area (Å²) in [6.45, 7) is 11.7. The quantitative estimate of drug-likeness (QED) is 0.107. The van der Waals surface area contributed by atoms with E-state index in [1.807, 2.05) is 13.0 Å². The molecule has 4 aliphatic heterocycles. The highest BCUT2D eigenvalue weighted by atomic mass is 16.5. The second-order valence-corrected chi connectivity index (χ2v) is 24.7. The fourth-order valence-electron chi connectivity index (χ4n) is 16.5. The number of likely N-dealkylation sites (tertiary alicyclic amines) is 2. The Kier molecular flexibility index (Phi) is 9.70. The summed E-state index contributed by atoms with van der Waals surface area (Å²) in [6.07, 6.45) is 13.7. The highest BCUT2D eigenvalue weighted by Gasteiger charge is 2.75. The van der Waals surface area contributed by atoms with Crippen molar-refractivity contribution in [2.75, 3.05) is 26.2 Å². The van der Waals surface area contributed by atoms with Crippen LogP contribution in [0.3, 0.4) is 0 Å². The normalized spacial score (nSPS) is 34.6. The summed E-state index contributed by atoms with van der Waals surface area (Å²) in [6, 6.07) is 7.82. The van der Waals surface area contributed by atoms with Gasteiger partial charge in [-0.2, -0.15) is 0 Å². The minimum Gasteiger partial charge on any atom is -0.504 e. The third-order valence-corrected chi connectivity index (χ3v) is 20.1. The van der Waals surface area contributed by atoms with Crippen LogP contribution in [0.25, 0.3) is 11.3 Å². The fourth-order valence-corrected chi connectivity index (χ4v) is 16.5. The van der Waals surface area contributed by atoms with Crippen LogP contribution in [0.15, 0.2) is 48.9 Å². The number of carbonyl (C=O) groups excluding carboxylic acids is 2. The Bertz CT molecular complexity index is 2990. The average Bonchev–Trinajstić information content (AvgIpc) is 4.29. The molecule has 378 valence electrons. The zero-order chi connectivity index (χ0) is 49.4. The molecule has 2 amide bonds. The van der Waals surface area contributed by atoms with Crippen LogP contribution in [-0.2, 0) is 35.5 Å². The molecule has 2 aromatic carbocycles. The van der Waals surface area contributed by atoms with Gasteiger partial charge in [-0.25, -0.2) is 0 Å². The highest BCUT2D eigenvalue weighted by molar-refractivity contribution is 5.98. The van der Waals surface area contributed by atoms with Crippen molar-refractivity contribution in [1.29, 1.82) is 0 Å². The van der Waals surface area contributed by atoms with E-state index in [4.69, 9.17) is 14.5 Å². The molecule has 4 bridgehead atoms. The number of phenolic OH excluding ortho intramolecular Hbond substituents is 2. The minimum atomic E-state index is -1.19. The van der Waals surface area contributed by atoms with E-state index in [1.165, 1.54) is 25.7 Å². The molecule has 6 aliphatic carbocycles. The number of benzene rings is 2. The van der Waals surface area contributed by atoms with Gasteiger partial charge >= 0.3 is 0 Å². The monoisotopic (exact) mass is 977 g/mol. The van der Waals surface area contributed by atoms with Gasteiger partial charge in [-0.05, 0) is 160 Å². The highest BCUT2D eigenvalue weighted by Crippen LogP contribution is 2.68. The molecule has 14 rings (SSSR count). The van der Waals surface area contributed by atoms with Gasteiger partial charge in [0.1, 0.15) is 12.2 Å². The first-order valence-electron chi connectivity index (χ1n) is 27.1. The molecule has 2 aromatic heterocycles. The second-order valence-electron chi connectivity index (χ2n) is 24.7. The van der Waals surface area contributed by atoms with Crippen molar-refractivity contribution in [3.05, 3.63) is 93.4 Å². The van der Waals surface area contributed by atoms with Gasteiger partial charge in [-0.3, -0.25) is 29.4 Å². The molecular formula is C58H68N6O8. The van der Waals surface area contributed by atoms with Crippen molar-refractivity contribution < 1.29 is 39.5 Å². The number of nitrogens with one attached hydrogen (secondary N) is 2. The number of piperidine rings is 2. The van der Waals surface area contributed by atoms with Crippen molar-refractivity contribution >= 4 is 11.8 Å². The van der Waals surface area contributed by atoms with Gasteiger partial charge < -0.3 is 40.5 Å². The maximum Gasteiger partial charge on any atom is 0.252 e.